The summed E-state index contributed by atoms with van der Waals surface area (Å²) in [6.45, 7) is -0.499. The predicted molar refractivity (Wildman–Crippen MR) is 65.2 cm³/mol. The summed E-state index contributed by atoms with van der Waals surface area (Å²) in [5, 5.41) is 9.16. The van der Waals surface area contributed by atoms with E-state index in [-0.39, 0.29) is 35.2 Å². The molecule has 1 aliphatic heterocycles. The number of rotatable bonds is 0. The van der Waals surface area contributed by atoms with Crippen molar-refractivity contribution in [3.05, 3.63) is 45.8 Å². The summed E-state index contributed by atoms with van der Waals surface area (Å²) < 4.78 is 18.1. The molecule has 102 valence electrons. The summed E-state index contributed by atoms with van der Waals surface area (Å²) in [4.78, 5) is 35.6. The molecule has 0 radical (unpaired) electrons. The average Bonchev–Trinajstić information content (AvgIpc) is 2.38. The van der Waals surface area contributed by atoms with E-state index < -0.39 is 23.3 Å². The Kier molecular flexibility index (Phi) is 2.56. The molecule has 2 aromatic rings. The van der Waals surface area contributed by atoms with Crippen LogP contribution >= 0.6 is 0 Å². The SMILES string of the molecule is O=C1CN(C(=O)O)Cc2oc(=O)c3cc(F)ccc3c21. The normalized spacial score (nSPS) is 14.4. The minimum Gasteiger partial charge on any atom is -0.465 e. The second-order valence-corrected chi connectivity index (χ2v) is 4.44. The quantitative estimate of drug-likeness (QED) is 0.790. The molecular formula is C13H8FNO5. The van der Waals surface area contributed by atoms with Crippen LogP contribution in [0.25, 0.3) is 10.8 Å². The van der Waals surface area contributed by atoms with Gasteiger partial charge in [0, 0.05) is 5.39 Å². The molecule has 0 saturated heterocycles. The molecule has 0 bridgehead atoms. The molecule has 2 heterocycles. The van der Waals surface area contributed by atoms with Gasteiger partial charge < -0.3 is 9.52 Å². The van der Waals surface area contributed by atoms with Crippen molar-refractivity contribution in [3.8, 4) is 0 Å². The molecule has 1 N–H and O–H groups in total. The van der Waals surface area contributed by atoms with E-state index in [1.54, 1.807) is 0 Å². The zero-order chi connectivity index (χ0) is 14.4. The Hall–Kier alpha value is -2.70. The predicted octanol–water partition coefficient (Wildman–Crippen LogP) is 1.61. The average molecular weight is 277 g/mol. The summed E-state index contributed by atoms with van der Waals surface area (Å²) in [7, 11) is 0. The van der Waals surface area contributed by atoms with Crippen molar-refractivity contribution in [1.82, 2.24) is 4.90 Å². The number of nitrogens with zero attached hydrogens (tertiary/aromatic N) is 1. The van der Waals surface area contributed by atoms with Crippen LogP contribution in [0.1, 0.15) is 16.1 Å². The Labute approximate surface area is 111 Å². The fourth-order valence-corrected chi connectivity index (χ4v) is 2.31. The molecule has 0 atom stereocenters. The van der Waals surface area contributed by atoms with Gasteiger partial charge in [-0.25, -0.2) is 14.0 Å². The van der Waals surface area contributed by atoms with Crippen molar-refractivity contribution in [2.75, 3.05) is 6.54 Å². The largest absolute Gasteiger partial charge is 0.465 e. The van der Waals surface area contributed by atoms with E-state index in [9.17, 15) is 18.8 Å². The number of carboxylic acid groups (broad SMARTS) is 1. The van der Waals surface area contributed by atoms with Crippen LogP contribution in [0.5, 0.6) is 0 Å². The lowest BCUT2D eigenvalue weighted by Crippen LogP contribution is -2.39. The van der Waals surface area contributed by atoms with Crippen molar-refractivity contribution in [2.45, 2.75) is 6.54 Å². The maximum atomic E-state index is 13.2. The third-order valence-electron chi connectivity index (χ3n) is 3.18. The van der Waals surface area contributed by atoms with Crippen molar-refractivity contribution in [2.24, 2.45) is 0 Å². The van der Waals surface area contributed by atoms with Crippen molar-refractivity contribution in [3.63, 3.8) is 0 Å². The second-order valence-electron chi connectivity index (χ2n) is 4.44. The third-order valence-corrected chi connectivity index (χ3v) is 3.18. The Bertz CT molecular complexity index is 810. The Morgan fingerprint density at radius 3 is 2.70 bits per heavy atom. The number of amides is 1. The van der Waals surface area contributed by atoms with Crippen LogP contribution < -0.4 is 5.63 Å². The van der Waals surface area contributed by atoms with Crippen molar-refractivity contribution < 1.29 is 23.5 Å². The molecule has 0 aliphatic carbocycles. The molecule has 1 amide bonds. The highest BCUT2D eigenvalue weighted by molar-refractivity contribution is 6.10. The van der Waals surface area contributed by atoms with Gasteiger partial charge in [-0.3, -0.25) is 9.69 Å². The smallest absolute Gasteiger partial charge is 0.408 e. The first kappa shape index (κ1) is 12.3. The Morgan fingerprint density at radius 2 is 2.00 bits per heavy atom. The number of ketones is 1. The van der Waals surface area contributed by atoms with Crippen LogP contribution in [0.3, 0.4) is 0 Å². The van der Waals surface area contributed by atoms with E-state index in [2.05, 4.69) is 0 Å². The summed E-state index contributed by atoms with van der Waals surface area (Å²) in [6, 6.07) is 3.46. The van der Waals surface area contributed by atoms with Crippen LogP contribution in [-0.4, -0.2) is 28.4 Å². The van der Waals surface area contributed by atoms with E-state index in [0.29, 0.717) is 0 Å². The topological polar surface area (TPSA) is 87.8 Å². The first-order valence-corrected chi connectivity index (χ1v) is 5.73. The fraction of sp³-hybridized carbons (Fsp3) is 0.154. The molecule has 1 aromatic carbocycles. The molecule has 3 rings (SSSR count). The van der Waals surface area contributed by atoms with E-state index in [1.807, 2.05) is 0 Å². The van der Waals surface area contributed by atoms with Gasteiger partial charge in [0.05, 0.1) is 24.0 Å². The Balaban J connectivity index is 2.30. The standard InChI is InChI=1S/C13H8FNO5/c14-6-1-2-7-8(3-6)12(17)20-10-5-15(13(18)19)4-9(16)11(7)10/h1-3H,4-5H2,(H,18,19). The van der Waals surface area contributed by atoms with Gasteiger partial charge in [-0.05, 0) is 12.1 Å². The van der Waals surface area contributed by atoms with E-state index >= 15 is 0 Å². The summed E-state index contributed by atoms with van der Waals surface area (Å²) in [5.74, 6) is -1.10. The van der Waals surface area contributed by atoms with Crippen LogP contribution in [0, 0.1) is 5.82 Å². The number of benzene rings is 1. The minimum absolute atomic E-state index is 0.00671. The Morgan fingerprint density at radius 1 is 1.25 bits per heavy atom. The van der Waals surface area contributed by atoms with Crippen LogP contribution in [0.2, 0.25) is 0 Å². The fourth-order valence-electron chi connectivity index (χ4n) is 2.31. The van der Waals surface area contributed by atoms with E-state index in [1.165, 1.54) is 6.07 Å². The summed E-state index contributed by atoms with van der Waals surface area (Å²) >= 11 is 0. The number of carbonyl (C=O) groups is 2. The van der Waals surface area contributed by atoms with Gasteiger partial charge in [-0.2, -0.15) is 0 Å². The number of hydrogen-bond acceptors (Lipinski definition) is 4. The first-order chi connectivity index (χ1) is 9.47. The van der Waals surface area contributed by atoms with Crippen molar-refractivity contribution in [1.29, 1.82) is 0 Å². The molecule has 7 heteroatoms. The number of hydrogen-bond donors (Lipinski definition) is 1. The van der Waals surface area contributed by atoms with Gasteiger partial charge in [0.2, 0.25) is 0 Å². The van der Waals surface area contributed by atoms with Gasteiger partial charge in [0.1, 0.15) is 11.6 Å². The summed E-state index contributed by atoms with van der Waals surface area (Å²) in [5.41, 5.74) is -0.643. The number of fused-ring (bicyclic) bond motifs is 3. The monoisotopic (exact) mass is 277 g/mol. The minimum atomic E-state index is -1.27. The molecule has 0 unspecified atom stereocenters. The van der Waals surface area contributed by atoms with Gasteiger partial charge in [0.25, 0.3) is 0 Å². The lowest BCUT2D eigenvalue weighted by Gasteiger charge is -2.24. The molecule has 0 fully saturated rings. The summed E-state index contributed by atoms with van der Waals surface area (Å²) in [6.07, 6.45) is -1.27. The van der Waals surface area contributed by atoms with Crippen LogP contribution in [0.15, 0.2) is 27.4 Å². The highest BCUT2D eigenvalue weighted by atomic mass is 19.1. The maximum Gasteiger partial charge on any atom is 0.408 e. The second kappa shape index (κ2) is 4.16. The molecule has 1 aliphatic rings. The van der Waals surface area contributed by atoms with E-state index in [0.717, 1.165) is 17.0 Å². The van der Waals surface area contributed by atoms with Gasteiger partial charge in [-0.1, -0.05) is 6.07 Å². The molecule has 20 heavy (non-hydrogen) atoms. The van der Waals surface area contributed by atoms with Crippen LogP contribution in [-0.2, 0) is 6.54 Å². The first-order valence-electron chi connectivity index (χ1n) is 5.73. The molecule has 1 aromatic heterocycles. The lowest BCUT2D eigenvalue weighted by molar-refractivity contribution is 0.0854. The molecular weight excluding hydrogens is 269 g/mol. The van der Waals surface area contributed by atoms with Gasteiger partial charge in [0.15, 0.2) is 5.78 Å². The number of carbonyl (C=O) groups excluding carboxylic acids is 1. The molecule has 0 saturated carbocycles. The number of Topliss-reactive ketones (excluding diaryl/α,β-unsaturated/α-hetero) is 1. The van der Waals surface area contributed by atoms with Crippen LogP contribution in [0.4, 0.5) is 9.18 Å². The zero-order valence-electron chi connectivity index (χ0n) is 10.1. The molecule has 6 nitrogen and oxygen atoms in total. The zero-order valence-corrected chi connectivity index (χ0v) is 10.1. The van der Waals surface area contributed by atoms with Crippen molar-refractivity contribution >= 4 is 22.6 Å². The maximum absolute atomic E-state index is 13.2. The number of halogens is 1. The molecule has 0 spiro atoms. The third kappa shape index (κ3) is 1.75. The van der Waals surface area contributed by atoms with E-state index in [4.69, 9.17) is 9.52 Å². The van der Waals surface area contributed by atoms with Gasteiger partial charge >= 0.3 is 11.7 Å². The highest BCUT2D eigenvalue weighted by Gasteiger charge is 2.30. The van der Waals surface area contributed by atoms with Gasteiger partial charge in [-0.15, -0.1) is 0 Å². The highest BCUT2D eigenvalue weighted by Crippen LogP contribution is 2.25. The lowest BCUT2D eigenvalue weighted by atomic mass is 9.98.